The Morgan fingerprint density at radius 1 is 1.40 bits per heavy atom. The van der Waals surface area contributed by atoms with Crippen molar-refractivity contribution < 1.29 is 4.39 Å². The highest BCUT2D eigenvalue weighted by molar-refractivity contribution is 7.11. The number of piperidine rings is 1. The van der Waals surface area contributed by atoms with E-state index >= 15 is 0 Å². The van der Waals surface area contributed by atoms with Crippen LogP contribution in [0.1, 0.15) is 22.9 Å². The fourth-order valence-electron chi connectivity index (χ4n) is 1.89. The van der Waals surface area contributed by atoms with Crippen molar-refractivity contribution >= 4 is 11.3 Å². The Balaban J connectivity index is 1.82. The molecule has 0 bridgehead atoms. The molecule has 0 aromatic carbocycles. The Hall–Kier alpha value is -0.550. The van der Waals surface area contributed by atoms with Gasteiger partial charge in [0.05, 0.1) is 13.2 Å². The summed E-state index contributed by atoms with van der Waals surface area (Å²) in [6, 6.07) is 0. The summed E-state index contributed by atoms with van der Waals surface area (Å²) in [6.07, 6.45) is 1.96. The van der Waals surface area contributed by atoms with Crippen LogP contribution in [-0.2, 0) is 6.54 Å². The second-order valence-corrected chi connectivity index (χ2v) is 5.35. The van der Waals surface area contributed by atoms with Gasteiger partial charge in [0, 0.05) is 0 Å². The number of halogens is 1. The van der Waals surface area contributed by atoms with E-state index in [9.17, 15) is 4.39 Å². The van der Waals surface area contributed by atoms with Crippen LogP contribution < -0.4 is 0 Å². The van der Waals surface area contributed by atoms with Gasteiger partial charge in [0.15, 0.2) is 0 Å². The van der Waals surface area contributed by atoms with Crippen LogP contribution in [-0.4, -0.2) is 34.9 Å². The summed E-state index contributed by atoms with van der Waals surface area (Å²) in [4.78, 5) is 2.34. The lowest BCUT2D eigenvalue weighted by molar-refractivity contribution is 0.159. The van der Waals surface area contributed by atoms with Crippen molar-refractivity contribution in [2.24, 2.45) is 5.92 Å². The predicted molar refractivity (Wildman–Crippen MR) is 58.6 cm³/mol. The number of aromatic nitrogens is 2. The molecule has 0 N–H and O–H groups in total. The maximum atomic E-state index is 12.4. The minimum absolute atomic E-state index is 0.161. The number of hydrogen-bond acceptors (Lipinski definition) is 4. The maximum absolute atomic E-state index is 12.4. The van der Waals surface area contributed by atoms with E-state index in [0.29, 0.717) is 0 Å². The van der Waals surface area contributed by atoms with Crippen molar-refractivity contribution in [2.75, 3.05) is 19.8 Å². The summed E-state index contributed by atoms with van der Waals surface area (Å²) in [7, 11) is 0. The summed E-state index contributed by atoms with van der Waals surface area (Å²) in [5.41, 5.74) is 0. The zero-order chi connectivity index (χ0) is 10.7. The van der Waals surface area contributed by atoms with Crippen LogP contribution in [0.5, 0.6) is 0 Å². The van der Waals surface area contributed by atoms with E-state index in [2.05, 4.69) is 15.1 Å². The van der Waals surface area contributed by atoms with Crippen LogP contribution in [0.4, 0.5) is 4.39 Å². The van der Waals surface area contributed by atoms with Crippen LogP contribution in [0.2, 0.25) is 0 Å². The summed E-state index contributed by atoms with van der Waals surface area (Å²) in [6.45, 7) is 4.67. The molecule has 0 amide bonds. The molecule has 0 aliphatic carbocycles. The maximum Gasteiger partial charge on any atom is 0.131 e. The van der Waals surface area contributed by atoms with Gasteiger partial charge in [0.25, 0.3) is 0 Å². The second-order valence-electron chi connectivity index (χ2n) is 4.09. The van der Waals surface area contributed by atoms with Crippen molar-refractivity contribution in [1.29, 1.82) is 0 Å². The molecule has 2 heterocycles. The zero-order valence-corrected chi connectivity index (χ0v) is 9.76. The number of nitrogens with zero attached hydrogens (tertiary/aromatic N) is 3. The fraction of sp³-hybridized carbons (Fsp3) is 0.800. The molecule has 15 heavy (non-hydrogen) atoms. The SMILES string of the molecule is Cc1nnc(CN2CCC(CF)CC2)s1. The quantitative estimate of drug-likeness (QED) is 0.794. The molecule has 1 saturated heterocycles. The molecule has 1 fully saturated rings. The van der Waals surface area contributed by atoms with E-state index in [0.717, 1.165) is 42.5 Å². The smallest absolute Gasteiger partial charge is 0.131 e. The molecule has 1 aromatic rings. The van der Waals surface area contributed by atoms with Gasteiger partial charge >= 0.3 is 0 Å². The van der Waals surface area contributed by atoms with E-state index in [1.54, 1.807) is 11.3 Å². The van der Waals surface area contributed by atoms with Crippen LogP contribution in [0.3, 0.4) is 0 Å². The molecule has 0 radical (unpaired) electrons. The number of rotatable bonds is 3. The molecular formula is C10H16FN3S. The van der Waals surface area contributed by atoms with Crippen LogP contribution in [0, 0.1) is 12.8 Å². The Morgan fingerprint density at radius 2 is 2.13 bits per heavy atom. The van der Waals surface area contributed by atoms with Crippen molar-refractivity contribution in [3.05, 3.63) is 10.0 Å². The molecule has 2 rings (SSSR count). The van der Waals surface area contributed by atoms with Gasteiger partial charge in [-0.25, -0.2) is 0 Å². The van der Waals surface area contributed by atoms with Crippen molar-refractivity contribution in [2.45, 2.75) is 26.3 Å². The Labute approximate surface area is 93.3 Å². The van der Waals surface area contributed by atoms with E-state index in [4.69, 9.17) is 0 Å². The van der Waals surface area contributed by atoms with Gasteiger partial charge in [-0.1, -0.05) is 0 Å². The second kappa shape index (κ2) is 4.99. The molecule has 3 nitrogen and oxygen atoms in total. The first-order chi connectivity index (χ1) is 7.28. The molecule has 1 aliphatic rings. The Morgan fingerprint density at radius 3 is 2.67 bits per heavy atom. The first-order valence-electron chi connectivity index (χ1n) is 5.35. The van der Waals surface area contributed by atoms with Gasteiger partial charge in [0.1, 0.15) is 10.0 Å². The third kappa shape index (κ3) is 2.95. The van der Waals surface area contributed by atoms with Crippen molar-refractivity contribution in [3.8, 4) is 0 Å². The minimum atomic E-state index is -0.161. The highest BCUT2D eigenvalue weighted by Crippen LogP contribution is 2.20. The molecule has 1 aromatic heterocycles. The lowest BCUT2D eigenvalue weighted by Gasteiger charge is -2.29. The lowest BCUT2D eigenvalue weighted by Crippen LogP contribution is -2.33. The molecular weight excluding hydrogens is 213 g/mol. The third-order valence-corrected chi connectivity index (χ3v) is 3.68. The zero-order valence-electron chi connectivity index (χ0n) is 8.95. The largest absolute Gasteiger partial charge is 0.297 e. The summed E-state index contributed by atoms with van der Waals surface area (Å²) >= 11 is 1.65. The molecule has 0 spiro atoms. The molecule has 84 valence electrons. The van der Waals surface area contributed by atoms with Crippen LogP contribution in [0.15, 0.2) is 0 Å². The van der Waals surface area contributed by atoms with E-state index < -0.39 is 0 Å². The van der Waals surface area contributed by atoms with Gasteiger partial charge in [-0.2, -0.15) is 0 Å². The first-order valence-corrected chi connectivity index (χ1v) is 6.17. The highest BCUT2D eigenvalue weighted by atomic mass is 32.1. The minimum Gasteiger partial charge on any atom is -0.297 e. The van der Waals surface area contributed by atoms with Gasteiger partial charge in [-0.15, -0.1) is 21.5 Å². The first kappa shape index (κ1) is 11.0. The number of alkyl halides is 1. The van der Waals surface area contributed by atoms with E-state index in [-0.39, 0.29) is 12.6 Å². The average molecular weight is 229 g/mol. The van der Waals surface area contributed by atoms with Gasteiger partial charge in [0.2, 0.25) is 0 Å². The van der Waals surface area contributed by atoms with Gasteiger partial charge in [-0.3, -0.25) is 9.29 Å². The normalized spacial score (nSPS) is 19.6. The lowest BCUT2D eigenvalue weighted by atomic mass is 9.98. The van der Waals surface area contributed by atoms with Crippen molar-refractivity contribution in [1.82, 2.24) is 15.1 Å². The molecule has 5 heteroatoms. The molecule has 1 aliphatic heterocycles. The van der Waals surface area contributed by atoms with Gasteiger partial charge in [-0.05, 0) is 38.8 Å². The van der Waals surface area contributed by atoms with Crippen LogP contribution in [0.25, 0.3) is 0 Å². The monoisotopic (exact) mass is 229 g/mol. The average Bonchev–Trinajstić information content (AvgIpc) is 2.65. The summed E-state index contributed by atoms with van der Waals surface area (Å²) in [5, 5.41) is 10.2. The Kier molecular flexibility index (Phi) is 3.64. The highest BCUT2D eigenvalue weighted by Gasteiger charge is 2.19. The summed E-state index contributed by atoms with van der Waals surface area (Å²) in [5.74, 6) is 0.289. The third-order valence-electron chi connectivity index (χ3n) is 2.85. The van der Waals surface area contributed by atoms with E-state index in [1.165, 1.54) is 0 Å². The molecule has 0 unspecified atom stereocenters. The van der Waals surface area contributed by atoms with E-state index in [1.807, 2.05) is 6.92 Å². The molecule has 0 saturated carbocycles. The number of aryl methyl sites for hydroxylation is 1. The van der Waals surface area contributed by atoms with Crippen molar-refractivity contribution in [3.63, 3.8) is 0 Å². The Bertz CT molecular complexity index is 307. The van der Waals surface area contributed by atoms with Gasteiger partial charge < -0.3 is 0 Å². The van der Waals surface area contributed by atoms with Crippen LogP contribution >= 0.6 is 11.3 Å². The standard InChI is InChI=1S/C10H16FN3S/c1-8-12-13-10(15-8)7-14-4-2-9(6-11)3-5-14/h9H,2-7H2,1H3. The number of hydrogen-bond donors (Lipinski definition) is 0. The topological polar surface area (TPSA) is 29.0 Å². The fourth-order valence-corrected chi connectivity index (χ4v) is 2.64. The number of likely N-dealkylation sites (tertiary alicyclic amines) is 1. The summed E-state index contributed by atoms with van der Waals surface area (Å²) < 4.78 is 12.4. The predicted octanol–water partition coefficient (Wildman–Crippen LogP) is 2.03. The molecule has 0 atom stereocenters.